The topological polar surface area (TPSA) is 127 Å². The van der Waals surface area contributed by atoms with Crippen molar-refractivity contribution in [2.45, 2.75) is 0 Å². The number of phenolic OH excluding ortho intramolecular Hbond substituents is 3. The van der Waals surface area contributed by atoms with E-state index in [1.165, 1.54) is 12.1 Å². The average Bonchev–Trinajstić information content (AvgIpc) is 2.39. The first-order chi connectivity index (χ1) is 9.86. The first kappa shape index (κ1) is 14.2. The minimum Gasteiger partial charge on any atom is -0.508 e. The summed E-state index contributed by atoms with van der Waals surface area (Å²) in [5.41, 5.74) is -0.349. The zero-order valence-corrected chi connectivity index (χ0v) is 10.6. The first-order valence-corrected chi connectivity index (χ1v) is 5.77. The van der Waals surface area contributed by atoms with E-state index in [0.29, 0.717) is 0 Å². The van der Waals surface area contributed by atoms with Crippen LogP contribution >= 0.6 is 0 Å². The Hall–Kier alpha value is -3.22. The second-order valence-electron chi connectivity index (χ2n) is 4.23. The molecule has 0 radical (unpaired) electrons. The minimum absolute atomic E-state index is 0.0202. The van der Waals surface area contributed by atoms with Crippen molar-refractivity contribution in [2.75, 3.05) is 5.32 Å². The van der Waals surface area contributed by atoms with E-state index in [9.17, 15) is 24.9 Å². The van der Waals surface area contributed by atoms with E-state index in [2.05, 4.69) is 5.32 Å². The van der Waals surface area contributed by atoms with Crippen LogP contribution in [0.25, 0.3) is 0 Å². The average molecular weight is 289 g/mol. The highest BCUT2D eigenvalue weighted by molar-refractivity contribution is 6.08. The molecule has 0 aromatic heterocycles. The molecule has 0 aliphatic heterocycles. The minimum atomic E-state index is -1.32. The molecule has 0 spiro atoms. The largest absolute Gasteiger partial charge is 0.508 e. The van der Waals surface area contributed by atoms with Crippen molar-refractivity contribution >= 4 is 17.6 Å². The Kier molecular flexibility index (Phi) is 3.66. The van der Waals surface area contributed by atoms with E-state index in [1.807, 2.05) is 0 Å². The summed E-state index contributed by atoms with van der Waals surface area (Å²) in [4.78, 5) is 23.0. The molecule has 0 saturated heterocycles. The van der Waals surface area contributed by atoms with Gasteiger partial charge in [0.15, 0.2) is 0 Å². The first-order valence-electron chi connectivity index (χ1n) is 5.77. The number of amides is 1. The highest BCUT2D eigenvalue weighted by Crippen LogP contribution is 2.24. The smallest absolute Gasteiger partial charge is 0.337 e. The number of carbonyl (C=O) groups is 2. The highest BCUT2D eigenvalue weighted by atomic mass is 16.4. The van der Waals surface area contributed by atoms with Crippen molar-refractivity contribution in [1.29, 1.82) is 0 Å². The number of aromatic hydroxyl groups is 3. The van der Waals surface area contributed by atoms with Crippen LogP contribution in [0, 0.1) is 0 Å². The standard InChI is InChI=1S/C14H11NO6/c16-8-1-2-12(11(6-8)14(20)21)15-13(19)7-3-9(17)5-10(18)4-7/h1-6,16-18H,(H,15,19)(H,20,21). The van der Waals surface area contributed by atoms with Gasteiger partial charge in [0.25, 0.3) is 5.91 Å². The summed E-state index contributed by atoms with van der Waals surface area (Å²) in [6.45, 7) is 0. The Labute approximate surface area is 118 Å². The molecule has 1 amide bonds. The fourth-order valence-corrected chi connectivity index (χ4v) is 1.74. The number of anilines is 1. The number of carbonyl (C=O) groups excluding carboxylic acids is 1. The Morgan fingerprint density at radius 1 is 0.857 bits per heavy atom. The fraction of sp³-hybridized carbons (Fsp3) is 0. The molecule has 0 atom stereocenters. The third-order valence-electron chi connectivity index (χ3n) is 2.65. The molecule has 108 valence electrons. The van der Waals surface area contributed by atoms with E-state index in [4.69, 9.17) is 5.11 Å². The maximum absolute atomic E-state index is 12.0. The van der Waals surface area contributed by atoms with Gasteiger partial charge in [-0.3, -0.25) is 4.79 Å². The molecular weight excluding hydrogens is 278 g/mol. The van der Waals surface area contributed by atoms with Gasteiger partial charge in [-0.25, -0.2) is 4.79 Å². The molecule has 0 saturated carbocycles. The second-order valence-corrected chi connectivity index (χ2v) is 4.23. The lowest BCUT2D eigenvalue weighted by atomic mass is 10.1. The molecule has 0 unspecified atom stereocenters. The number of carboxylic acids is 1. The van der Waals surface area contributed by atoms with Crippen LogP contribution in [0.5, 0.6) is 17.2 Å². The number of rotatable bonds is 3. The van der Waals surface area contributed by atoms with Crippen LogP contribution in [0.2, 0.25) is 0 Å². The second kappa shape index (κ2) is 5.41. The van der Waals surface area contributed by atoms with E-state index in [1.54, 1.807) is 0 Å². The number of hydrogen-bond donors (Lipinski definition) is 5. The van der Waals surface area contributed by atoms with Crippen LogP contribution in [-0.2, 0) is 0 Å². The van der Waals surface area contributed by atoms with Gasteiger partial charge < -0.3 is 25.7 Å². The fourth-order valence-electron chi connectivity index (χ4n) is 1.74. The predicted molar refractivity (Wildman–Crippen MR) is 72.8 cm³/mol. The third kappa shape index (κ3) is 3.21. The van der Waals surface area contributed by atoms with Crippen molar-refractivity contribution in [3.05, 3.63) is 47.5 Å². The van der Waals surface area contributed by atoms with Gasteiger partial charge in [-0.1, -0.05) is 0 Å². The SMILES string of the molecule is O=C(Nc1ccc(O)cc1C(=O)O)c1cc(O)cc(O)c1. The lowest BCUT2D eigenvalue weighted by molar-refractivity contribution is 0.0697. The molecule has 0 aliphatic carbocycles. The van der Waals surface area contributed by atoms with E-state index in [-0.39, 0.29) is 34.1 Å². The molecule has 2 rings (SSSR count). The van der Waals surface area contributed by atoms with E-state index in [0.717, 1.165) is 24.3 Å². The molecule has 5 N–H and O–H groups in total. The lowest BCUT2D eigenvalue weighted by Crippen LogP contribution is -2.14. The summed E-state index contributed by atoms with van der Waals surface area (Å²) in [5.74, 6) is -2.89. The van der Waals surface area contributed by atoms with Gasteiger partial charge in [0, 0.05) is 11.6 Å². The van der Waals surface area contributed by atoms with Gasteiger partial charge in [0.1, 0.15) is 17.2 Å². The zero-order valence-electron chi connectivity index (χ0n) is 10.6. The van der Waals surface area contributed by atoms with Gasteiger partial charge in [-0.15, -0.1) is 0 Å². The monoisotopic (exact) mass is 289 g/mol. The zero-order chi connectivity index (χ0) is 15.6. The van der Waals surface area contributed by atoms with Crippen LogP contribution in [0.3, 0.4) is 0 Å². The quantitative estimate of drug-likeness (QED) is 0.548. The predicted octanol–water partition coefficient (Wildman–Crippen LogP) is 1.75. The number of hydrogen-bond acceptors (Lipinski definition) is 5. The molecule has 7 heteroatoms. The van der Waals surface area contributed by atoms with Crippen molar-refractivity contribution in [2.24, 2.45) is 0 Å². The summed E-state index contributed by atoms with van der Waals surface area (Å²) in [5, 5.41) is 39.3. The third-order valence-corrected chi connectivity index (χ3v) is 2.65. The number of phenols is 3. The molecule has 21 heavy (non-hydrogen) atoms. The Bertz CT molecular complexity index is 705. The highest BCUT2D eigenvalue weighted by Gasteiger charge is 2.15. The summed E-state index contributed by atoms with van der Waals surface area (Å²) >= 11 is 0. The molecule has 0 heterocycles. The van der Waals surface area contributed by atoms with E-state index < -0.39 is 11.9 Å². The van der Waals surface area contributed by atoms with Gasteiger partial charge in [0.05, 0.1) is 11.3 Å². The molecule has 2 aromatic rings. The Balaban J connectivity index is 2.33. The number of nitrogens with one attached hydrogen (secondary N) is 1. The van der Waals surface area contributed by atoms with Crippen LogP contribution in [0.1, 0.15) is 20.7 Å². The van der Waals surface area contributed by atoms with Crippen molar-refractivity contribution in [3.63, 3.8) is 0 Å². The van der Waals surface area contributed by atoms with Crippen LogP contribution in [0.15, 0.2) is 36.4 Å². The van der Waals surface area contributed by atoms with Gasteiger partial charge in [0.2, 0.25) is 0 Å². The molecule has 0 bridgehead atoms. The lowest BCUT2D eigenvalue weighted by Gasteiger charge is -2.09. The molecule has 0 aliphatic rings. The normalized spacial score (nSPS) is 10.1. The summed E-state index contributed by atoms with van der Waals surface area (Å²) in [7, 11) is 0. The van der Waals surface area contributed by atoms with Crippen LogP contribution in [-0.4, -0.2) is 32.3 Å². The Morgan fingerprint density at radius 3 is 2.05 bits per heavy atom. The van der Waals surface area contributed by atoms with E-state index >= 15 is 0 Å². The molecule has 2 aromatic carbocycles. The Morgan fingerprint density at radius 2 is 1.48 bits per heavy atom. The molecular formula is C14H11NO6. The number of aromatic carboxylic acids is 1. The van der Waals surface area contributed by atoms with Crippen LogP contribution in [0.4, 0.5) is 5.69 Å². The maximum Gasteiger partial charge on any atom is 0.337 e. The van der Waals surface area contributed by atoms with Gasteiger partial charge in [-0.2, -0.15) is 0 Å². The van der Waals surface area contributed by atoms with Gasteiger partial charge in [-0.05, 0) is 30.3 Å². The number of benzene rings is 2. The van der Waals surface area contributed by atoms with Crippen molar-refractivity contribution in [3.8, 4) is 17.2 Å². The van der Waals surface area contributed by atoms with Crippen molar-refractivity contribution < 1.29 is 30.0 Å². The molecule has 7 nitrogen and oxygen atoms in total. The maximum atomic E-state index is 12.0. The van der Waals surface area contributed by atoms with Crippen molar-refractivity contribution in [1.82, 2.24) is 0 Å². The van der Waals surface area contributed by atoms with Crippen LogP contribution < -0.4 is 5.32 Å². The van der Waals surface area contributed by atoms with Gasteiger partial charge >= 0.3 is 5.97 Å². The summed E-state index contributed by atoms with van der Waals surface area (Å²) in [6, 6.07) is 6.76. The molecule has 0 fully saturated rings. The number of carboxylic acid groups (broad SMARTS) is 1. The summed E-state index contributed by atoms with van der Waals surface area (Å²) in [6.07, 6.45) is 0. The summed E-state index contributed by atoms with van der Waals surface area (Å²) < 4.78 is 0.